The molecule has 0 unspecified atom stereocenters. The Morgan fingerprint density at radius 2 is 1.83 bits per heavy atom. The van der Waals surface area contributed by atoms with E-state index in [0.29, 0.717) is 30.3 Å². The van der Waals surface area contributed by atoms with Crippen LogP contribution in [0.1, 0.15) is 60.2 Å². The van der Waals surface area contributed by atoms with E-state index < -0.39 is 17.6 Å². The van der Waals surface area contributed by atoms with Gasteiger partial charge in [-0.1, -0.05) is 17.7 Å². The van der Waals surface area contributed by atoms with Crippen LogP contribution in [0.4, 0.5) is 15.8 Å². The van der Waals surface area contributed by atoms with Gasteiger partial charge in [0, 0.05) is 49.4 Å². The molecule has 9 heteroatoms. The highest BCUT2D eigenvalue weighted by Crippen LogP contribution is 2.27. The second kappa shape index (κ2) is 10.7. The summed E-state index contributed by atoms with van der Waals surface area (Å²) in [6.07, 6.45) is 2.87. The highest BCUT2D eigenvalue weighted by molar-refractivity contribution is 6.31. The molecule has 2 saturated heterocycles. The fourth-order valence-corrected chi connectivity index (χ4v) is 4.76. The molecule has 2 aromatic rings. The number of hydrogen-bond acceptors (Lipinski definition) is 4. The van der Waals surface area contributed by atoms with Crippen LogP contribution < -0.4 is 15.5 Å². The van der Waals surface area contributed by atoms with Crippen LogP contribution in [0.25, 0.3) is 0 Å². The number of rotatable bonds is 6. The van der Waals surface area contributed by atoms with Gasteiger partial charge in [-0.2, -0.15) is 0 Å². The van der Waals surface area contributed by atoms with Crippen molar-refractivity contribution in [3.8, 4) is 0 Å². The van der Waals surface area contributed by atoms with Gasteiger partial charge in [-0.3, -0.25) is 14.4 Å². The number of anilines is 2. The number of carbonyl (C=O) groups is 3. The van der Waals surface area contributed by atoms with Crippen LogP contribution in [0.2, 0.25) is 5.02 Å². The second-order valence-electron chi connectivity index (χ2n) is 9.34. The molecule has 0 aliphatic carbocycles. The minimum atomic E-state index is -0.736. The minimum Gasteiger partial charge on any atom is -0.349 e. The highest BCUT2D eigenvalue weighted by atomic mass is 35.5. The maximum Gasteiger partial charge on any atom is 0.255 e. The van der Waals surface area contributed by atoms with Crippen LogP contribution >= 0.6 is 11.6 Å². The molecule has 7 nitrogen and oxygen atoms in total. The summed E-state index contributed by atoms with van der Waals surface area (Å²) < 4.78 is 14.3. The van der Waals surface area contributed by atoms with Crippen molar-refractivity contribution in [3.05, 3.63) is 58.4 Å². The van der Waals surface area contributed by atoms with Crippen molar-refractivity contribution in [3.63, 3.8) is 0 Å². The molecule has 2 aliphatic rings. The third-order valence-electron chi connectivity index (χ3n) is 6.64. The lowest BCUT2D eigenvalue weighted by Crippen LogP contribution is -2.46. The molecular weight excluding hydrogens is 471 g/mol. The van der Waals surface area contributed by atoms with Crippen LogP contribution in [-0.4, -0.2) is 54.3 Å². The van der Waals surface area contributed by atoms with Gasteiger partial charge in [-0.25, -0.2) is 4.39 Å². The quantitative estimate of drug-likeness (QED) is 0.613. The Balaban J connectivity index is 1.50. The van der Waals surface area contributed by atoms with Gasteiger partial charge < -0.3 is 20.4 Å². The molecule has 0 aromatic heterocycles. The second-order valence-corrected chi connectivity index (χ2v) is 9.75. The topological polar surface area (TPSA) is 81.8 Å². The number of hydrogen-bond donors (Lipinski definition) is 2. The largest absolute Gasteiger partial charge is 0.349 e. The molecule has 35 heavy (non-hydrogen) atoms. The number of nitrogens with one attached hydrogen (secondary N) is 2. The summed E-state index contributed by atoms with van der Waals surface area (Å²) in [5, 5.41) is 5.46. The third kappa shape index (κ3) is 5.82. The zero-order valence-corrected chi connectivity index (χ0v) is 20.7. The average Bonchev–Trinajstić information content (AvgIpc) is 3.27. The van der Waals surface area contributed by atoms with Crippen molar-refractivity contribution in [1.82, 2.24) is 10.2 Å². The number of piperidine rings is 1. The highest BCUT2D eigenvalue weighted by Gasteiger charge is 2.25. The van der Waals surface area contributed by atoms with Crippen LogP contribution in [0.15, 0.2) is 36.4 Å². The third-order valence-corrected chi connectivity index (χ3v) is 6.93. The molecular formula is C26H30ClFN4O3. The van der Waals surface area contributed by atoms with E-state index in [4.69, 9.17) is 11.6 Å². The van der Waals surface area contributed by atoms with Crippen molar-refractivity contribution >= 4 is 40.7 Å². The molecule has 2 fully saturated rings. The summed E-state index contributed by atoms with van der Waals surface area (Å²) in [4.78, 5) is 42.2. The average molecular weight is 501 g/mol. The van der Waals surface area contributed by atoms with Crippen molar-refractivity contribution < 1.29 is 18.8 Å². The van der Waals surface area contributed by atoms with Crippen LogP contribution in [0, 0.1) is 5.82 Å². The van der Waals surface area contributed by atoms with Gasteiger partial charge in [0.15, 0.2) is 0 Å². The predicted molar refractivity (Wildman–Crippen MR) is 135 cm³/mol. The predicted octanol–water partition coefficient (Wildman–Crippen LogP) is 4.46. The smallest absolute Gasteiger partial charge is 0.255 e. The van der Waals surface area contributed by atoms with Crippen molar-refractivity contribution in [2.45, 2.75) is 51.6 Å². The number of likely N-dealkylation sites (tertiary alicyclic amines) is 1. The number of carbonyl (C=O) groups excluding carboxylic acids is 3. The van der Waals surface area contributed by atoms with Gasteiger partial charge in [0.1, 0.15) is 5.82 Å². The lowest BCUT2D eigenvalue weighted by atomic mass is 10.0. The summed E-state index contributed by atoms with van der Waals surface area (Å²) in [5.74, 6) is -1.65. The van der Waals surface area contributed by atoms with E-state index in [1.807, 2.05) is 0 Å². The fourth-order valence-electron chi connectivity index (χ4n) is 4.59. The number of nitrogens with zero attached hydrogens (tertiary/aromatic N) is 2. The van der Waals surface area contributed by atoms with Crippen LogP contribution in [-0.2, 0) is 4.79 Å². The molecule has 2 aromatic carbocycles. The molecule has 2 aliphatic heterocycles. The Hall–Kier alpha value is -2.97. The van der Waals surface area contributed by atoms with Gasteiger partial charge in [0.05, 0.1) is 16.3 Å². The molecule has 0 bridgehead atoms. The molecule has 2 heterocycles. The summed E-state index contributed by atoms with van der Waals surface area (Å²) in [6, 6.07) is 9.42. The Morgan fingerprint density at radius 1 is 1.09 bits per heavy atom. The van der Waals surface area contributed by atoms with Gasteiger partial charge in [-0.05, 0) is 63.4 Å². The first kappa shape index (κ1) is 25.1. The van der Waals surface area contributed by atoms with Gasteiger partial charge in [-0.15, -0.1) is 0 Å². The molecule has 3 amide bonds. The first-order valence-electron chi connectivity index (χ1n) is 12.0. The maximum absolute atomic E-state index is 14.3. The Bertz CT molecular complexity index is 1130. The Labute approximate surface area is 209 Å². The van der Waals surface area contributed by atoms with Gasteiger partial charge >= 0.3 is 0 Å². The maximum atomic E-state index is 14.3. The van der Waals surface area contributed by atoms with Crippen molar-refractivity contribution in [2.75, 3.05) is 29.9 Å². The van der Waals surface area contributed by atoms with E-state index in [-0.39, 0.29) is 28.2 Å². The summed E-state index contributed by atoms with van der Waals surface area (Å²) >= 11 is 5.98. The molecule has 0 atom stereocenters. The number of halogens is 2. The van der Waals surface area contributed by atoms with Crippen LogP contribution in [0.5, 0.6) is 0 Å². The molecule has 0 spiro atoms. The monoisotopic (exact) mass is 500 g/mol. The van der Waals surface area contributed by atoms with Crippen molar-refractivity contribution in [2.24, 2.45) is 0 Å². The lowest BCUT2D eigenvalue weighted by molar-refractivity contribution is -0.117. The minimum absolute atomic E-state index is 0.0143. The molecule has 0 radical (unpaired) electrons. The van der Waals surface area contributed by atoms with E-state index in [2.05, 4.69) is 29.4 Å². The summed E-state index contributed by atoms with van der Waals surface area (Å²) in [6.45, 7) is 6.66. The van der Waals surface area contributed by atoms with E-state index >= 15 is 0 Å². The molecule has 2 N–H and O–H groups in total. The van der Waals surface area contributed by atoms with Gasteiger partial charge in [0.2, 0.25) is 5.91 Å². The zero-order valence-electron chi connectivity index (χ0n) is 19.9. The zero-order chi connectivity index (χ0) is 25.1. The fraction of sp³-hybridized carbons (Fsp3) is 0.423. The Kier molecular flexibility index (Phi) is 7.72. The van der Waals surface area contributed by atoms with E-state index in [0.717, 1.165) is 38.4 Å². The van der Waals surface area contributed by atoms with E-state index in [1.165, 1.54) is 6.07 Å². The summed E-state index contributed by atoms with van der Waals surface area (Å²) in [5.41, 5.74) is 1.07. The van der Waals surface area contributed by atoms with Gasteiger partial charge in [0.25, 0.3) is 11.8 Å². The molecule has 0 saturated carbocycles. The van der Waals surface area contributed by atoms with Crippen molar-refractivity contribution in [1.29, 1.82) is 0 Å². The SMILES string of the molecule is CC(C)N1CCC(NC(=O)c2cc(Cl)c(F)cc2NC(=O)c2cccc(N3CCCC3=O)c2)CC1. The normalized spacial score (nSPS) is 17.2. The first-order chi connectivity index (χ1) is 16.7. The van der Waals surface area contributed by atoms with Crippen LogP contribution in [0.3, 0.4) is 0 Å². The van der Waals surface area contributed by atoms with E-state index in [1.54, 1.807) is 29.2 Å². The number of amides is 3. The summed E-state index contributed by atoms with van der Waals surface area (Å²) in [7, 11) is 0. The standard InChI is InChI=1S/C26H30ClFN4O3/c1-16(2)31-11-8-18(9-12-31)29-26(35)20-14-21(27)22(28)15-23(20)30-25(34)17-5-3-6-19(13-17)32-10-4-7-24(32)33/h3,5-6,13-16,18H,4,7-12H2,1-2H3,(H,29,35)(H,30,34). The molecule has 4 rings (SSSR count). The Morgan fingerprint density at radius 3 is 2.49 bits per heavy atom. The molecule has 186 valence electrons. The first-order valence-corrected chi connectivity index (χ1v) is 12.4. The lowest BCUT2D eigenvalue weighted by Gasteiger charge is -2.34. The van der Waals surface area contributed by atoms with E-state index in [9.17, 15) is 18.8 Å². The number of benzene rings is 2.